The number of halogens is 2. The third kappa shape index (κ3) is 9.33. The average molecular weight is 538 g/mol. The number of nitrogens with zero attached hydrogens (tertiary/aromatic N) is 2. The van der Waals surface area contributed by atoms with Crippen LogP contribution in [0, 0.1) is 0 Å². The summed E-state index contributed by atoms with van der Waals surface area (Å²) in [6, 6.07) is 15.2. The number of thioether (sulfide) groups is 2. The molecule has 0 saturated heterocycles. The Kier molecular flexibility index (Phi) is 11.3. The Morgan fingerprint density at radius 3 is 1.47 bits per heavy atom. The number of hydrogen-bond acceptors (Lipinski definition) is 6. The molecule has 34 heavy (non-hydrogen) atoms. The fourth-order valence-corrected chi connectivity index (χ4v) is 5.35. The number of benzene rings is 2. The van der Waals surface area contributed by atoms with E-state index < -0.39 is 0 Å². The van der Waals surface area contributed by atoms with Crippen molar-refractivity contribution in [2.24, 2.45) is 10.2 Å². The molecule has 10 heteroatoms. The van der Waals surface area contributed by atoms with E-state index in [9.17, 15) is 9.59 Å². The molecule has 1 aliphatic rings. The summed E-state index contributed by atoms with van der Waals surface area (Å²) in [4.78, 5) is 24.1. The van der Waals surface area contributed by atoms with E-state index in [-0.39, 0.29) is 11.8 Å². The Labute approximate surface area is 218 Å². The van der Waals surface area contributed by atoms with Crippen molar-refractivity contribution in [1.82, 2.24) is 10.9 Å². The van der Waals surface area contributed by atoms with Gasteiger partial charge in [-0.05, 0) is 48.9 Å². The van der Waals surface area contributed by atoms with Crippen LogP contribution in [-0.4, -0.2) is 34.7 Å². The molecule has 2 aromatic carbocycles. The Morgan fingerprint density at radius 2 is 1.09 bits per heavy atom. The minimum absolute atomic E-state index is 0.134. The Morgan fingerprint density at radius 1 is 0.706 bits per heavy atom. The van der Waals surface area contributed by atoms with Gasteiger partial charge in [0.1, 0.15) is 0 Å². The number of nitrogens with one attached hydrogen (secondary N) is 2. The van der Waals surface area contributed by atoms with Gasteiger partial charge in [0.05, 0.1) is 11.5 Å². The van der Waals surface area contributed by atoms with Gasteiger partial charge in [0.15, 0.2) is 0 Å². The second kappa shape index (κ2) is 14.4. The van der Waals surface area contributed by atoms with Crippen molar-refractivity contribution in [2.75, 3.05) is 11.5 Å². The molecular weight excluding hydrogens is 511 g/mol. The van der Waals surface area contributed by atoms with E-state index in [0.717, 1.165) is 22.6 Å². The van der Waals surface area contributed by atoms with Crippen molar-refractivity contribution in [3.8, 4) is 0 Å². The van der Waals surface area contributed by atoms with Crippen LogP contribution < -0.4 is 10.9 Å². The first-order chi connectivity index (χ1) is 16.5. The quantitative estimate of drug-likeness (QED) is 0.382. The van der Waals surface area contributed by atoms with Crippen molar-refractivity contribution >= 4 is 70.0 Å². The number of rotatable bonds is 10. The topological polar surface area (TPSA) is 82.9 Å². The number of hydrazone groups is 2. The van der Waals surface area contributed by atoms with Crippen molar-refractivity contribution in [2.45, 2.75) is 37.2 Å². The fraction of sp³-hybridized carbons (Fsp3) is 0.333. The molecule has 1 aliphatic carbocycles. The van der Waals surface area contributed by atoms with Crippen LogP contribution in [0.1, 0.15) is 36.8 Å². The molecule has 2 amide bonds. The third-order valence-corrected chi connectivity index (χ3v) is 7.68. The monoisotopic (exact) mass is 536 g/mol. The molecule has 180 valence electrons. The summed E-state index contributed by atoms with van der Waals surface area (Å²) in [5.41, 5.74) is 9.16. The van der Waals surface area contributed by atoms with Gasteiger partial charge in [-0.25, -0.2) is 10.9 Å². The minimum atomic E-state index is -0.134. The van der Waals surface area contributed by atoms with Gasteiger partial charge in [0.25, 0.3) is 0 Å². The Hall–Kier alpha value is -2.00. The van der Waals surface area contributed by atoms with Crippen molar-refractivity contribution in [3.63, 3.8) is 0 Å². The highest BCUT2D eigenvalue weighted by Gasteiger charge is 2.14. The maximum absolute atomic E-state index is 12.0. The second-order valence-corrected chi connectivity index (χ2v) is 10.4. The molecule has 1 fully saturated rings. The minimum Gasteiger partial charge on any atom is -0.272 e. The molecular formula is C24H26Cl2N4O2S2. The summed E-state index contributed by atoms with van der Waals surface area (Å²) in [7, 11) is 0. The van der Waals surface area contributed by atoms with Crippen LogP contribution in [0.25, 0.3) is 0 Å². The van der Waals surface area contributed by atoms with Gasteiger partial charge in [-0.3, -0.25) is 9.59 Å². The Bertz CT molecular complexity index is 967. The summed E-state index contributed by atoms with van der Waals surface area (Å²) in [5, 5.41) is 9.93. The fourth-order valence-electron chi connectivity index (χ4n) is 3.14. The maximum Gasteiger partial charge on any atom is 0.250 e. The van der Waals surface area contributed by atoms with Gasteiger partial charge < -0.3 is 0 Å². The third-order valence-electron chi connectivity index (χ3n) is 4.98. The van der Waals surface area contributed by atoms with Gasteiger partial charge >= 0.3 is 0 Å². The van der Waals surface area contributed by atoms with Gasteiger partial charge in [0, 0.05) is 33.0 Å². The summed E-state index contributed by atoms with van der Waals surface area (Å²) < 4.78 is 0. The number of carbonyl (C=O) groups excluding carboxylic acids is 2. The van der Waals surface area contributed by atoms with E-state index in [1.807, 2.05) is 48.5 Å². The molecule has 0 aromatic heterocycles. The van der Waals surface area contributed by atoms with Crippen molar-refractivity contribution in [3.05, 3.63) is 69.7 Å². The molecule has 0 bridgehead atoms. The van der Waals surface area contributed by atoms with Crippen LogP contribution in [0.3, 0.4) is 0 Å². The van der Waals surface area contributed by atoms with E-state index in [4.69, 9.17) is 23.2 Å². The zero-order chi connectivity index (χ0) is 24.2. The second-order valence-electron chi connectivity index (χ2n) is 7.59. The largest absolute Gasteiger partial charge is 0.272 e. The number of amides is 2. The number of carbonyl (C=O) groups is 2. The normalized spacial score (nSPS) is 13.4. The predicted octanol–water partition coefficient (Wildman–Crippen LogP) is 5.68. The highest BCUT2D eigenvalue weighted by molar-refractivity contribution is 7.99. The summed E-state index contributed by atoms with van der Waals surface area (Å²) in [6.07, 6.45) is 2.85. The maximum atomic E-state index is 12.0. The van der Waals surface area contributed by atoms with Crippen LogP contribution in [0.15, 0.2) is 58.7 Å². The lowest BCUT2D eigenvalue weighted by Gasteiger charge is -2.15. The van der Waals surface area contributed by atoms with Gasteiger partial charge in [-0.1, -0.05) is 59.6 Å². The highest BCUT2D eigenvalue weighted by Crippen LogP contribution is 2.21. The summed E-state index contributed by atoms with van der Waals surface area (Å²) in [5.74, 6) is 1.71. The lowest BCUT2D eigenvalue weighted by Crippen LogP contribution is -2.25. The van der Waals surface area contributed by atoms with Gasteiger partial charge in [0.2, 0.25) is 11.8 Å². The molecule has 3 rings (SSSR count). The highest BCUT2D eigenvalue weighted by atomic mass is 35.5. The SMILES string of the molecule is O=C(CSCc1ccccc1Cl)NN=C1CCC(=NNC(=O)CSCc2ccccc2Cl)CC1. The molecule has 2 aromatic rings. The van der Waals surface area contributed by atoms with Crippen LogP contribution in [0.2, 0.25) is 10.0 Å². The van der Waals surface area contributed by atoms with Crippen molar-refractivity contribution < 1.29 is 9.59 Å². The van der Waals surface area contributed by atoms with Crippen LogP contribution in [0.4, 0.5) is 0 Å². The average Bonchev–Trinajstić information content (AvgIpc) is 2.84. The van der Waals surface area contributed by atoms with Crippen LogP contribution in [0.5, 0.6) is 0 Å². The molecule has 0 unspecified atom stereocenters. The lowest BCUT2D eigenvalue weighted by atomic mass is 9.97. The molecule has 0 aliphatic heterocycles. The first-order valence-electron chi connectivity index (χ1n) is 10.8. The van der Waals surface area contributed by atoms with E-state index >= 15 is 0 Å². The number of hydrogen-bond donors (Lipinski definition) is 2. The first-order valence-corrected chi connectivity index (χ1v) is 13.9. The lowest BCUT2D eigenvalue weighted by molar-refractivity contribution is -0.119. The predicted molar refractivity (Wildman–Crippen MR) is 145 cm³/mol. The Balaban J connectivity index is 1.30. The van der Waals surface area contributed by atoms with Crippen LogP contribution >= 0.6 is 46.7 Å². The van der Waals surface area contributed by atoms with E-state index in [2.05, 4.69) is 21.1 Å². The first kappa shape index (κ1) is 26.6. The smallest absolute Gasteiger partial charge is 0.250 e. The van der Waals surface area contributed by atoms with E-state index in [1.165, 1.54) is 23.5 Å². The van der Waals surface area contributed by atoms with Gasteiger partial charge in [-0.15, -0.1) is 23.5 Å². The summed E-state index contributed by atoms with van der Waals surface area (Å²) in [6.45, 7) is 0. The standard InChI is InChI=1S/C24H26Cl2N4O2S2/c25-21-7-3-1-5-17(21)13-33-15-23(31)29-27-19-9-11-20(12-10-19)28-30-24(32)16-34-14-18-6-2-4-8-22(18)26/h1-8H,9-16H2,(H,29,31)(H,30,32). The molecule has 2 N–H and O–H groups in total. The molecule has 0 atom stereocenters. The van der Waals surface area contributed by atoms with E-state index in [1.54, 1.807) is 0 Å². The van der Waals surface area contributed by atoms with E-state index in [0.29, 0.717) is 58.7 Å². The molecule has 1 saturated carbocycles. The molecule has 6 nitrogen and oxygen atoms in total. The zero-order valence-corrected chi connectivity index (χ0v) is 21.7. The summed E-state index contributed by atoms with van der Waals surface area (Å²) >= 11 is 15.3. The molecule has 0 heterocycles. The van der Waals surface area contributed by atoms with Crippen molar-refractivity contribution in [1.29, 1.82) is 0 Å². The zero-order valence-electron chi connectivity index (χ0n) is 18.6. The molecule has 0 spiro atoms. The molecule has 0 radical (unpaired) electrons. The van der Waals surface area contributed by atoms with Crippen LogP contribution in [-0.2, 0) is 21.1 Å². The van der Waals surface area contributed by atoms with Gasteiger partial charge in [-0.2, -0.15) is 10.2 Å².